The monoisotopic (exact) mass is 286 g/mol. The van der Waals surface area contributed by atoms with E-state index in [9.17, 15) is 8.42 Å². The minimum atomic E-state index is -3.37. The zero-order valence-corrected chi connectivity index (χ0v) is 11.9. The molecule has 0 heterocycles. The molecule has 0 saturated heterocycles. The van der Waals surface area contributed by atoms with E-state index in [1.165, 1.54) is 6.08 Å². The molecule has 0 aromatic heterocycles. The fraction of sp³-hybridized carbons (Fsp3) is 0.0625. The van der Waals surface area contributed by atoms with Crippen molar-refractivity contribution in [2.24, 2.45) is 0 Å². The van der Waals surface area contributed by atoms with E-state index >= 15 is 0 Å². The largest absolute Gasteiger partial charge is 0.283 e. The Morgan fingerprint density at radius 3 is 2.40 bits per heavy atom. The van der Waals surface area contributed by atoms with Gasteiger partial charge < -0.3 is 0 Å². The lowest BCUT2D eigenvalue weighted by molar-refractivity contribution is 0.604. The molecule has 0 spiro atoms. The van der Waals surface area contributed by atoms with Gasteiger partial charge in [-0.05, 0) is 35.7 Å². The first-order chi connectivity index (χ1) is 9.50. The van der Waals surface area contributed by atoms with Crippen LogP contribution in [0.4, 0.5) is 5.69 Å². The Bertz CT molecular complexity index is 704. The minimum Gasteiger partial charge on any atom is -0.283 e. The van der Waals surface area contributed by atoms with E-state index in [1.807, 2.05) is 36.4 Å². The highest BCUT2D eigenvalue weighted by Crippen LogP contribution is 2.23. The molecule has 0 amide bonds. The van der Waals surface area contributed by atoms with Crippen molar-refractivity contribution in [1.82, 2.24) is 0 Å². The quantitative estimate of drug-likeness (QED) is 0.856. The van der Waals surface area contributed by atoms with Crippen molar-refractivity contribution in [2.75, 3.05) is 10.5 Å². The van der Waals surface area contributed by atoms with E-state index in [0.29, 0.717) is 5.69 Å². The van der Waals surface area contributed by atoms with Crippen molar-refractivity contribution in [3.05, 3.63) is 73.7 Å². The molecule has 4 heteroatoms. The maximum absolute atomic E-state index is 11.7. The molecule has 0 aliphatic carbocycles. The molecular weight excluding hydrogens is 270 g/mol. The van der Waals surface area contributed by atoms with Gasteiger partial charge in [0.2, 0.25) is 10.0 Å². The highest BCUT2D eigenvalue weighted by molar-refractivity contribution is 7.92. The summed E-state index contributed by atoms with van der Waals surface area (Å²) < 4.78 is 25.9. The summed E-state index contributed by atoms with van der Waals surface area (Å²) >= 11 is 0. The molecule has 0 unspecified atom stereocenters. The Balaban J connectivity index is 2.28. The molecule has 0 atom stereocenters. The van der Waals surface area contributed by atoms with Crippen molar-refractivity contribution in [1.29, 1.82) is 0 Å². The number of sulfonamides is 1. The van der Waals surface area contributed by atoms with Crippen LogP contribution in [0.15, 0.2) is 61.2 Å². The van der Waals surface area contributed by atoms with Gasteiger partial charge in [0.1, 0.15) is 0 Å². The summed E-state index contributed by atoms with van der Waals surface area (Å²) in [5, 5.41) is 0. The molecule has 2 rings (SSSR count). The van der Waals surface area contributed by atoms with Gasteiger partial charge >= 0.3 is 0 Å². The molecule has 0 aliphatic rings. The molecule has 2 aromatic carbocycles. The van der Waals surface area contributed by atoms with E-state index in [1.54, 1.807) is 12.1 Å². The average molecular weight is 286 g/mol. The van der Waals surface area contributed by atoms with Crippen molar-refractivity contribution in [3.8, 4) is 11.1 Å². The maximum Gasteiger partial charge on any atom is 0.236 e. The van der Waals surface area contributed by atoms with Crippen molar-refractivity contribution in [3.63, 3.8) is 0 Å². The summed E-state index contributed by atoms with van der Waals surface area (Å²) in [5.74, 6) is -0.104. The van der Waals surface area contributed by atoms with Gasteiger partial charge in [0, 0.05) is 5.69 Å². The van der Waals surface area contributed by atoms with E-state index in [0.717, 1.165) is 16.7 Å². The van der Waals surface area contributed by atoms with E-state index < -0.39 is 10.0 Å². The van der Waals surface area contributed by atoms with E-state index in [4.69, 9.17) is 0 Å². The zero-order chi connectivity index (χ0) is 14.6. The van der Waals surface area contributed by atoms with E-state index in [2.05, 4.69) is 18.2 Å². The minimum absolute atomic E-state index is 0.104. The molecule has 1 radical (unpaired) electrons. The molecular formula is C16H16NO2S. The smallest absolute Gasteiger partial charge is 0.236 e. The van der Waals surface area contributed by atoms with Gasteiger partial charge in [-0.3, -0.25) is 4.72 Å². The second kappa shape index (κ2) is 5.92. The number of hydrogen-bond acceptors (Lipinski definition) is 2. The first-order valence-corrected chi connectivity index (χ1v) is 7.79. The predicted molar refractivity (Wildman–Crippen MR) is 83.9 cm³/mol. The molecule has 103 valence electrons. The SMILES string of the molecule is [CH2]c1ccc(-c2cccc(NS(=O)(=O)CC=C)c2)cc1. The first kappa shape index (κ1) is 14.3. The molecule has 1 N–H and O–H groups in total. The third-order valence-electron chi connectivity index (χ3n) is 2.76. The lowest BCUT2D eigenvalue weighted by Gasteiger charge is -2.08. The lowest BCUT2D eigenvalue weighted by atomic mass is 10.0. The van der Waals surface area contributed by atoms with Gasteiger partial charge in [-0.1, -0.05) is 42.5 Å². The summed E-state index contributed by atoms with van der Waals surface area (Å²) in [6.07, 6.45) is 1.36. The average Bonchev–Trinajstić information content (AvgIpc) is 2.39. The molecule has 20 heavy (non-hydrogen) atoms. The van der Waals surface area contributed by atoms with Crippen LogP contribution in [-0.2, 0) is 10.0 Å². The van der Waals surface area contributed by atoms with Crippen LogP contribution < -0.4 is 4.72 Å². The van der Waals surface area contributed by atoms with Crippen LogP contribution in [-0.4, -0.2) is 14.2 Å². The topological polar surface area (TPSA) is 46.2 Å². The second-order valence-electron chi connectivity index (χ2n) is 4.45. The van der Waals surface area contributed by atoms with Gasteiger partial charge in [0.15, 0.2) is 0 Å². The summed E-state index contributed by atoms with van der Waals surface area (Å²) in [5.41, 5.74) is 3.45. The molecule has 0 fully saturated rings. The second-order valence-corrected chi connectivity index (χ2v) is 6.22. The van der Waals surface area contributed by atoms with Crippen molar-refractivity contribution in [2.45, 2.75) is 0 Å². The standard InChI is InChI=1S/C16H16NO2S/c1-3-11-20(18,19)17-16-6-4-5-15(12-16)14-9-7-13(2)8-10-14/h3-10,12,17H,1-2,11H2. The molecule has 0 bridgehead atoms. The highest BCUT2D eigenvalue weighted by Gasteiger charge is 2.08. The normalized spacial score (nSPS) is 11.1. The predicted octanol–water partition coefficient (Wildman–Crippen LogP) is 3.46. The van der Waals surface area contributed by atoms with Crippen LogP contribution in [0.25, 0.3) is 11.1 Å². The highest BCUT2D eigenvalue weighted by atomic mass is 32.2. The Labute approximate surface area is 120 Å². The maximum atomic E-state index is 11.7. The Morgan fingerprint density at radius 1 is 1.05 bits per heavy atom. The summed E-state index contributed by atoms with van der Waals surface area (Å²) in [7, 11) is -3.37. The Morgan fingerprint density at radius 2 is 1.75 bits per heavy atom. The molecule has 0 saturated carbocycles. The fourth-order valence-electron chi connectivity index (χ4n) is 1.84. The van der Waals surface area contributed by atoms with Crippen LogP contribution in [0.3, 0.4) is 0 Å². The Kier molecular flexibility index (Phi) is 4.25. The van der Waals surface area contributed by atoms with Gasteiger partial charge in [-0.2, -0.15) is 0 Å². The van der Waals surface area contributed by atoms with E-state index in [-0.39, 0.29) is 5.75 Å². The van der Waals surface area contributed by atoms with Gasteiger partial charge in [0.05, 0.1) is 5.75 Å². The molecule has 2 aromatic rings. The number of rotatable bonds is 5. The lowest BCUT2D eigenvalue weighted by Crippen LogP contribution is -2.15. The fourth-order valence-corrected chi connectivity index (χ4v) is 2.72. The van der Waals surface area contributed by atoms with Crippen molar-refractivity contribution >= 4 is 15.7 Å². The van der Waals surface area contributed by atoms with Gasteiger partial charge in [-0.15, -0.1) is 6.58 Å². The summed E-state index contributed by atoms with van der Waals surface area (Å²) in [4.78, 5) is 0. The summed E-state index contributed by atoms with van der Waals surface area (Å²) in [6, 6.07) is 15.0. The van der Waals surface area contributed by atoms with Crippen LogP contribution in [0, 0.1) is 6.92 Å². The van der Waals surface area contributed by atoms with Gasteiger partial charge in [0.25, 0.3) is 0 Å². The third-order valence-corrected chi connectivity index (χ3v) is 3.98. The first-order valence-electron chi connectivity index (χ1n) is 6.14. The number of benzene rings is 2. The van der Waals surface area contributed by atoms with Crippen LogP contribution >= 0.6 is 0 Å². The van der Waals surface area contributed by atoms with Crippen LogP contribution in [0.1, 0.15) is 5.56 Å². The summed E-state index contributed by atoms with van der Waals surface area (Å²) in [6.45, 7) is 7.28. The number of anilines is 1. The van der Waals surface area contributed by atoms with Crippen molar-refractivity contribution < 1.29 is 8.42 Å². The third kappa shape index (κ3) is 3.71. The number of nitrogens with one attached hydrogen (secondary N) is 1. The molecule has 3 nitrogen and oxygen atoms in total. The van der Waals surface area contributed by atoms with Crippen LogP contribution in [0.2, 0.25) is 0 Å². The zero-order valence-electron chi connectivity index (χ0n) is 11.0. The molecule has 0 aliphatic heterocycles. The number of hydrogen-bond donors (Lipinski definition) is 1. The Hall–Kier alpha value is -2.07. The van der Waals surface area contributed by atoms with Gasteiger partial charge in [-0.25, -0.2) is 8.42 Å². The van der Waals surface area contributed by atoms with Crippen LogP contribution in [0.5, 0.6) is 0 Å².